The summed E-state index contributed by atoms with van der Waals surface area (Å²) in [5.74, 6) is 1.02. The molecule has 0 amide bonds. The molecule has 1 N–H and O–H groups in total. The van der Waals surface area contributed by atoms with Gasteiger partial charge in [-0.25, -0.2) is 4.98 Å². The number of nitrogens with one attached hydrogen (secondary N) is 1. The normalized spacial score (nSPS) is 11.0. The molecule has 0 aliphatic heterocycles. The maximum atomic E-state index is 12.7. The molecule has 29 heavy (non-hydrogen) atoms. The van der Waals surface area contributed by atoms with E-state index in [1.165, 1.54) is 0 Å². The van der Waals surface area contributed by atoms with Crippen LogP contribution in [0, 0.1) is 0 Å². The zero-order chi connectivity index (χ0) is 20.4. The fourth-order valence-electron chi connectivity index (χ4n) is 2.82. The van der Waals surface area contributed by atoms with E-state index in [1.807, 2.05) is 6.07 Å². The Balaban J connectivity index is 1.56. The molecule has 0 spiro atoms. The fourth-order valence-corrected chi connectivity index (χ4v) is 3.11. The monoisotopic (exact) mass is 430 g/mol. The van der Waals surface area contributed by atoms with Gasteiger partial charge in [-0.1, -0.05) is 23.2 Å². The van der Waals surface area contributed by atoms with E-state index >= 15 is 0 Å². The van der Waals surface area contributed by atoms with Crippen LogP contribution in [0.1, 0.15) is 0 Å². The van der Waals surface area contributed by atoms with Crippen LogP contribution in [-0.4, -0.2) is 38.4 Å². The summed E-state index contributed by atoms with van der Waals surface area (Å²) < 4.78 is 7.19. The van der Waals surface area contributed by atoms with Crippen LogP contribution < -0.4 is 15.2 Å². The summed E-state index contributed by atoms with van der Waals surface area (Å²) in [6, 6.07) is 8.78. The van der Waals surface area contributed by atoms with Gasteiger partial charge in [-0.05, 0) is 30.3 Å². The summed E-state index contributed by atoms with van der Waals surface area (Å²) >= 11 is 12.1. The number of benzene rings is 1. The topological polar surface area (TPSA) is 88.9 Å². The minimum Gasteiger partial charge on any atom is -0.490 e. The predicted molar refractivity (Wildman–Crippen MR) is 112 cm³/mol. The average Bonchev–Trinajstić information content (AvgIpc) is 3.14. The molecule has 0 fully saturated rings. The van der Waals surface area contributed by atoms with Gasteiger partial charge in [0, 0.05) is 18.9 Å². The van der Waals surface area contributed by atoms with Crippen molar-refractivity contribution < 1.29 is 4.74 Å². The molecule has 1 aromatic carbocycles. The Morgan fingerprint density at radius 1 is 1.21 bits per heavy atom. The molecule has 0 aliphatic rings. The number of rotatable bonds is 6. The maximum Gasteiger partial charge on any atom is 0.278 e. The molecule has 0 radical (unpaired) electrons. The van der Waals surface area contributed by atoms with E-state index in [-0.39, 0.29) is 5.56 Å². The molecule has 4 rings (SSSR count). The number of hydrogen-bond acceptors (Lipinski definition) is 6. The lowest BCUT2D eigenvalue weighted by atomic mass is 10.3. The molecule has 10 heteroatoms. The van der Waals surface area contributed by atoms with E-state index in [4.69, 9.17) is 27.9 Å². The summed E-state index contributed by atoms with van der Waals surface area (Å²) in [7, 11) is 1.77. The molecule has 0 saturated heterocycles. The average molecular weight is 431 g/mol. The van der Waals surface area contributed by atoms with E-state index in [1.54, 1.807) is 59.5 Å². The number of anilines is 2. The third kappa shape index (κ3) is 4.03. The van der Waals surface area contributed by atoms with Crippen molar-refractivity contribution in [2.45, 2.75) is 6.54 Å². The van der Waals surface area contributed by atoms with Gasteiger partial charge in [-0.2, -0.15) is 5.10 Å². The zero-order valence-electron chi connectivity index (χ0n) is 15.3. The van der Waals surface area contributed by atoms with E-state index in [0.29, 0.717) is 45.9 Å². The van der Waals surface area contributed by atoms with Crippen molar-refractivity contribution in [2.75, 3.05) is 18.6 Å². The molecule has 3 aromatic heterocycles. The molecule has 0 saturated carbocycles. The van der Waals surface area contributed by atoms with E-state index in [2.05, 4.69) is 20.1 Å². The quantitative estimate of drug-likeness (QED) is 0.501. The summed E-state index contributed by atoms with van der Waals surface area (Å²) in [5.41, 5.74) is 1.30. The molecule has 4 aromatic rings. The SMILES string of the molecule is CN(c1ccc(Cl)c(Cl)c1)c1nc2cnn(CCOc3cccnc3)c2c(=O)[nH]1. The second-order valence-electron chi connectivity index (χ2n) is 6.19. The number of halogens is 2. The lowest BCUT2D eigenvalue weighted by Gasteiger charge is -2.18. The standard InChI is InChI=1S/C19H16Cl2N6O2/c1-26(12-4-5-14(20)15(21)9-12)19-24-16-11-23-27(17(16)18(28)25-19)7-8-29-13-3-2-6-22-10-13/h2-6,9-11H,7-8H2,1H3,(H,24,25,28). The van der Waals surface area contributed by atoms with Gasteiger partial charge >= 0.3 is 0 Å². The van der Waals surface area contributed by atoms with Crippen molar-refractivity contribution in [3.63, 3.8) is 0 Å². The van der Waals surface area contributed by atoms with Crippen molar-refractivity contribution >= 4 is 45.9 Å². The second kappa shape index (κ2) is 8.10. The minimum absolute atomic E-state index is 0.296. The van der Waals surface area contributed by atoms with Crippen LogP contribution in [0.2, 0.25) is 10.0 Å². The Hall–Kier alpha value is -3.10. The van der Waals surface area contributed by atoms with E-state index < -0.39 is 0 Å². The van der Waals surface area contributed by atoms with Gasteiger partial charge in [0.2, 0.25) is 5.95 Å². The first kappa shape index (κ1) is 19.2. The summed E-state index contributed by atoms with van der Waals surface area (Å²) in [4.78, 5) is 25.7. The molecular formula is C19H16Cl2N6O2. The number of aromatic amines is 1. The number of hydrogen-bond donors (Lipinski definition) is 1. The Morgan fingerprint density at radius 3 is 2.83 bits per heavy atom. The Kier molecular flexibility index (Phi) is 5.37. The Labute approximate surface area is 175 Å². The van der Waals surface area contributed by atoms with Gasteiger partial charge in [-0.3, -0.25) is 19.4 Å². The molecule has 0 atom stereocenters. The largest absolute Gasteiger partial charge is 0.490 e. The second-order valence-corrected chi connectivity index (χ2v) is 7.00. The first-order valence-electron chi connectivity index (χ1n) is 8.70. The van der Waals surface area contributed by atoms with Crippen LogP contribution in [0.25, 0.3) is 11.0 Å². The third-order valence-corrected chi connectivity index (χ3v) is 5.04. The Morgan fingerprint density at radius 2 is 2.07 bits per heavy atom. The van der Waals surface area contributed by atoms with Crippen molar-refractivity contribution in [3.05, 3.63) is 69.3 Å². The molecule has 0 aliphatic carbocycles. The number of fused-ring (bicyclic) bond motifs is 1. The fraction of sp³-hybridized carbons (Fsp3) is 0.158. The van der Waals surface area contributed by atoms with Crippen molar-refractivity contribution in [3.8, 4) is 5.75 Å². The van der Waals surface area contributed by atoms with Crippen molar-refractivity contribution in [1.29, 1.82) is 0 Å². The first-order chi connectivity index (χ1) is 14.0. The van der Waals surface area contributed by atoms with Crippen LogP contribution in [0.15, 0.2) is 53.7 Å². The number of nitrogens with zero attached hydrogens (tertiary/aromatic N) is 5. The van der Waals surface area contributed by atoms with Gasteiger partial charge in [0.15, 0.2) is 5.52 Å². The highest BCUT2D eigenvalue weighted by Gasteiger charge is 2.14. The predicted octanol–water partition coefficient (Wildman–Crippen LogP) is 3.67. The molecule has 0 unspecified atom stereocenters. The highest BCUT2D eigenvalue weighted by Crippen LogP contribution is 2.29. The minimum atomic E-state index is -0.296. The molecule has 0 bridgehead atoms. The molecule has 3 heterocycles. The summed E-state index contributed by atoms with van der Waals surface area (Å²) in [5, 5.41) is 5.14. The highest BCUT2D eigenvalue weighted by molar-refractivity contribution is 6.42. The summed E-state index contributed by atoms with van der Waals surface area (Å²) in [6.45, 7) is 0.734. The zero-order valence-corrected chi connectivity index (χ0v) is 16.9. The molecule has 8 nitrogen and oxygen atoms in total. The van der Waals surface area contributed by atoms with Gasteiger partial charge in [0.25, 0.3) is 5.56 Å². The first-order valence-corrected chi connectivity index (χ1v) is 9.46. The maximum absolute atomic E-state index is 12.7. The number of aromatic nitrogens is 5. The van der Waals surface area contributed by atoms with Gasteiger partial charge in [-0.15, -0.1) is 0 Å². The van der Waals surface area contributed by atoms with Crippen LogP contribution >= 0.6 is 23.2 Å². The van der Waals surface area contributed by atoms with Gasteiger partial charge in [0.05, 0.1) is 29.0 Å². The number of H-pyrrole nitrogens is 1. The number of pyridine rings is 1. The van der Waals surface area contributed by atoms with Crippen molar-refractivity contribution in [2.24, 2.45) is 0 Å². The highest BCUT2D eigenvalue weighted by atomic mass is 35.5. The van der Waals surface area contributed by atoms with Crippen LogP contribution in [0.5, 0.6) is 5.75 Å². The molecule has 148 valence electrons. The molecular weight excluding hydrogens is 415 g/mol. The van der Waals surface area contributed by atoms with E-state index in [0.717, 1.165) is 5.69 Å². The van der Waals surface area contributed by atoms with Crippen LogP contribution in [-0.2, 0) is 6.54 Å². The van der Waals surface area contributed by atoms with E-state index in [9.17, 15) is 4.79 Å². The van der Waals surface area contributed by atoms with Crippen LogP contribution in [0.4, 0.5) is 11.6 Å². The third-order valence-electron chi connectivity index (χ3n) is 4.30. The smallest absolute Gasteiger partial charge is 0.278 e. The summed E-state index contributed by atoms with van der Waals surface area (Å²) in [6.07, 6.45) is 4.85. The van der Waals surface area contributed by atoms with Crippen LogP contribution in [0.3, 0.4) is 0 Å². The van der Waals surface area contributed by atoms with Gasteiger partial charge < -0.3 is 9.64 Å². The number of ether oxygens (including phenoxy) is 1. The van der Waals surface area contributed by atoms with Crippen molar-refractivity contribution in [1.82, 2.24) is 24.7 Å². The lowest BCUT2D eigenvalue weighted by Crippen LogP contribution is -2.21. The lowest BCUT2D eigenvalue weighted by molar-refractivity contribution is 0.292. The Bertz CT molecular complexity index is 1210. The van der Waals surface area contributed by atoms with Gasteiger partial charge in [0.1, 0.15) is 17.9 Å².